The number of para-hydroxylation sites is 2. The predicted octanol–water partition coefficient (Wildman–Crippen LogP) is 4.63. The molecule has 0 N–H and O–H groups in total. The Balaban J connectivity index is 1.43. The Morgan fingerprint density at radius 1 is 1.14 bits per heavy atom. The second kappa shape index (κ2) is 7.34. The molecule has 1 spiro atoms. The summed E-state index contributed by atoms with van der Waals surface area (Å²) < 4.78 is 11.2. The van der Waals surface area contributed by atoms with E-state index in [0.29, 0.717) is 6.04 Å². The van der Waals surface area contributed by atoms with Gasteiger partial charge < -0.3 is 9.47 Å². The third-order valence-corrected chi connectivity index (χ3v) is 6.97. The van der Waals surface area contributed by atoms with E-state index in [2.05, 4.69) is 59.5 Å². The molecule has 0 aromatic heterocycles. The van der Waals surface area contributed by atoms with E-state index >= 15 is 0 Å². The summed E-state index contributed by atoms with van der Waals surface area (Å²) in [5, 5.41) is 0. The number of nitrogens with zero attached hydrogens (tertiary/aromatic N) is 1. The minimum Gasteiger partial charge on any atom is -0.466 e. The summed E-state index contributed by atoms with van der Waals surface area (Å²) in [4.78, 5) is 14.3. The van der Waals surface area contributed by atoms with Crippen molar-refractivity contribution >= 4 is 5.97 Å². The van der Waals surface area contributed by atoms with Crippen LogP contribution in [0.1, 0.15) is 36.8 Å². The number of fused-ring (bicyclic) bond motifs is 3. The Morgan fingerprint density at radius 3 is 2.72 bits per heavy atom. The second-order valence-electron chi connectivity index (χ2n) is 8.53. The number of carbonyl (C=O) groups is 1. The fraction of sp³-hybridized carbons (Fsp3) is 0.400. The molecule has 2 aliphatic heterocycles. The van der Waals surface area contributed by atoms with Crippen molar-refractivity contribution in [2.24, 2.45) is 0 Å². The summed E-state index contributed by atoms with van der Waals surface area (Å²) >= 11 is 0. The highest BCUT2D eigenvalue weighted by atomic mass is 16.5. The third kappa shape index (κ3) is 3.25. The van der Waals surface area contributed by atoms with E-state index in [-0.39, 0.29) is 11.4 Å². The summed E-state index contributed by atoms with van der Waals surface area (Å²) in [7, 11) is 1.46. The van der Waals surface area contributed by atoms with Crippen LogP contribution in [0.4, 0.5) is 0 Å². The van der Waals surface area contributed by atoms with E-state index in [1.165, 1.54) is 24.7 Å². The first-order valence-corrected chi connectivity index (χ1v) is 10.6. The molecule has 5 rings (SSSR count). The van der Waals surface area contributed by atoms with Gasteiger partial charge in [-0.1, -0.05) is 42.5 Å². The molecule has 150 valence electrons. The maximum atomic E-state index is 11.8. The lowest BCUT2D eigenvalue weighted by Crippen LogP contribution is -2.39. The monoisotopic (exact) mass is 389 g/mol. The largest absolute Gasteiger partial charge is 0.466 e. The highest BCUT2D eigenvalue weighted by Crippen LogP contribution is 2.52. The van der Waals surface area contributed by atoms with Crippen molar-refractivity contribution in [2.75, 3.05) is 20.2 Å². The molecule has 4 heteroatoms. The molecule has 1 aliphatic carbocycles. The fourth-order valence-electron chi connectivity index (χ4n) is 5.47. The molecule has 0 saturated heterocycles. The van der Waals surface area contributed by atoms with Gasteiger partial charge >= 0.3 is 5.97 Å². The molecular weight excluding hydrogens is 362 g/mol. The summed E-state index contributed by atoms with van der Waals surface area (Å²) in [5.41, 5.74) is 3.58. The highest BCUT2D eigenvalue weighted by Gasteiger charge is 2.45. The van der Waals surface area contributed by atoms with Crippen LogP contribution in [0.5, 0.6) is 11.5 Å². The molecule has 2 unspecified atom stereocenters. The maximum absolute atomic E-state index is 11.8. The minimum atomic E-state index is -0.181. The zero-order valence-corrected chi connectivity index (χ0v) is 16.9. The van der Waals surface area contributed by atoms with Crippen LogP contribution >= 0.6 is 0 Å². The smallest absolute Gasteiger partial charge is 0.333 e. The van der Waals surface area contributed by atoms with Gasteiger partial charge in [0.05, 0.1) is 7.11 Å². The molecule has 2 aromatic carbocycles. The lowest BCUT2D eigenvalue weighted by molar-refractivity contribution is -0.136. The first-order valence-electron chi connectivity index (χ1n) is 10.6. The van der Waals surface area contributed by atoms with Gasteiger partial charge in [-0.15, -0.1) is 0 Å². The summed E-state index contributed by atoms with van der Waals surface area (Å²) in [5.74, 6) is 1.81. The van der Waals surface area contributed by atoms with Crippen LogP contribution < -0.4 is 4.74 Å². The van der Waals surface area contributed by atoms with E-state index < -0.39 is 0 Å². The number of hydrogen-bond donors (Lipinski definition) is 0. The van der Waals surface area contributed by atoms with Crippen LogP contribution in [0.25, 0.3) is 0 Å². The van der Waals surface area contributed by atoms with Crippen LogP contribution in [0.2, 0.25) is 0 Å². The SMILES string of the molecule is COC(=O)C1=CCN(C2CCC3(Cc4ccccc4Oc4ccccc43)C2)CC1. The number of rotatable bonds is 2. The molecule has 2 atom stereocenters. The minimum absolute atomic E-state index is 0.111. The molecule has 0 amide bonds. The van der Waals surface area contributed by atoms with Crippen molar-refractivity contribution in [3.63, 3.8) is 0 Å². The Labute approximate surface area is 172 Å². The van der Waals surface area contributed by atoms with Gasteiger partial charge in [-0.2, -0.15) is 0 Å². The summed E-state index contributed by atoms with van der Waals surface area (Å²) in [6.07, 6.45) is 7.32. The van der Waals surface area contributed by atoms with Gasteiger partial charge in [0, 0.05) is 35.7 Å². The number of ether oxygens (including phenoxy) is 2. The van der Waals surface area contributed by atoms with Crippen molar-refractivity contribution in [3.8, 4) is 11.5 Å². The van der Waals surface area contributed by atoms with Crippen molar-refractivity contribution in [3.05, 3.63) is 71.3 Å². The van der Waals surface area contributed by atoms with Crippen LogP contribution in [0, 0.1) is 0 Å². The number of hydrogen-bond acceptors (Lipinski definition) is 4. The predicted molar refractivity (Wildman–Crippen MR) is 112 cm³/mol. The summed E-state index contributed by atoms with van der Waals surface area (Å²) in [6.45, 7) is 1.76. The van der Waals surface area contributed by atoms with Gasteiger partial charge in [0.15, 0.2) is 0 Å². The van der Waals surface area contributed by atoms with E-state index in [4.69, 9.17) is 9.47 Å². The van der Waals surface area contributed by atoms with Gasteiger partial charge in [0.2, 0.25) is 0 Å². The number of carbonyl (C=O) groups excluding carboxylic acids is 1. The Morgan fingerprint density at radius 2 is 1.93 bits per heavy atom. The van der Waals surface area contributed by atoms with Crippen LogP contribution in [0.3, 0.4) is 0 Å². The maximum Gasteiger partial charge on any atom is 0.333 e. The fourth-order valence-corrected chi connectivity index (χ4v) is 5.47. The van der Waals surface area contributed by atoms with Gasteiger partial charge in [0.25, 0.3) is 0 Å². The van der Waals surface area contributed by atoms with E-state index in [9.17, 15) is 4.79 Å². The van der Waals surface area contributed by atoms with Gasteiger partial charge in [0.1, 0.15) is 11.5 Å². The second-order valence-corrected chi connectivity index (χ2v) is 8.53. The topological polar surface area (TPSA) is 38.8 Å². The van der Waals surface area contributed by atoms with E-state index in [1.807, 2.05) is 0 Å². The first kappa shape index (κ1) is 18.4. The molecule has 4 nitrogen and oxygen atoms in total. The molecule has 29 heavy (non-hydrogen) atoms. The van der Waals surface area contributed by atoms with Crippen LogP contribution in [-0.4, -0.2) is 37.1 Å². The molecule has 2 heterocycles. The average Bonchev–Trinajstić information content (AvgIpc) is 3.14. The number of methoxy groups -OCH3 is 1. The molecular formula is C25H27NO3. The lowest BCUT2D eigenvalue weighted by Gasteiger charge is -2.34. The molecule has 1 saturated carbocycles. The van der Waals surface area contributed by atoms with Crippen LogP contribution in [-0.2, 0) is 21.4 Å². The standard InChI is InChI=1S/C25H27NO3/c1-28-24(27)18-11-14-26(15-12-18)20-10-13-25(17-20)16-19-6-2-4-8-22(19)29-23-9-5-3-7-21(23)25/h2-9,11,20H,10,12-17H2,1H3. The van der Waals surface area contributed by atoms with Crippen LogP contribution in [0.15, 0.2) is 60.2 Å². The van der Waals surface area contributed by atoms with Crippen molar-refractivity contribution in [2.45, 2.75) is 43.6 Å². The highest BCUT2D eigenvalue weighted by molar-refractivity contribution is 5.88. The zero-order chi connectivity index (χ0) is 19.8. The lowest BCUT2D eigenvalue weighted by atomic mass is 9.74. The third-order valence-electron chi connectivity index (χ3n) is 6.97. The number of benzene rings is 2. The normalized spacial score (nSPS) is 26.1. The van der Waals surface area contributed by atoms with E-state index in [1.54, 1.807) is 0 Å². The van der Waals surface area contributed by atoms with Crippen molar-refractivity contribution in [1.29, 1.82) is 0 Å². The molecule has 0 bridgehead atoms. The number of esters is 1. The van der Waals surface area contributed by atoms with Gasteiger partial charge in [-0.3, -0.25) is 4.90 Å². The molecule has 3 aliphatic rings. The Hall–Kier alpha value is -2.59. The quantitative estimate of drug-likeness (QED) is 0.702. The van der Waals surface area contributed by atoms with Crippen molar-refractivity contribution < 1.29 is 14.3 Å². The Kier molecular flexibility index (Phi) is 4.67. The molecule has 2 aromatic rings. The summed E-state index contributed by atoms with van der Waals surface area (Å²) in [6, 6.07) is 17.6. The zero-order valence-electron chi connectivity index (χ0n) is 16.9. The first-order chi connectivity index (χ1) is 14.2. The Bertz CT molecular complexity index is 966. The van der Waals surface area contributed by atoms with Crippen molar-refractivity contribution in [1.82, 2.24) is 4.90 Å². The molecule has 1 fully saturated rings. The average molecular weight is 389 g/mol. The van der Waals surface area contributed by atoms with Gasteiger partial charge in [-0.05, 0) is 49.8 Å². The van der Waals surface area contributed by atoms with E-state index in [0.717, 1.165) is 55.8 Å². The molecule has 0 radical (unpaired) electrons. The van der Waals surface area contributed by atoms with Gasteiger partial charge in [-0.25, -0.2) is 4.79 Å².